The first-order valence-corrected chi connectivity index (χ1v) is 7.70. The number of hydrogen-bond donors (Lipinski definition) is 0. The van der Waals surface area contributed by atoms with Gasteiger partial charge in [0.25, 0.3) is 0 Å². The van der Waals surface area contributed by atoms with Gasteiger partial charge >= 0.3 is 29.6 Å². The summed E-state index contributed by atoms with van der Waals surface area (Å²) in [5.41, 5.74) is 3.07. The second-order valence-corrected chi connectivity index (χ2v) is 5.69. The molecule has 0 fully saturated rings. The molecule has 20 heavy (non-hydrogen) atoms. The predicted molar refractivity (Wildman–Crippen MR) is 74.0 cm³/mol. The van der Waals surface area contributed by atoms with E-state index in [2.05, 4.69) is 3.63 Å². The van der Waals surface area contributed by atoms with Crippen LogP contribution < -0.4 is 29.6 Å². The molecule has 0 N–H and O–H groups in total. The fourth-order valence-electron chi connectivity index (χ4n) is 1.58. The molecule has 0 aliphatic rings. The fraction of sp³-hybridized carbons (Fsp3) is 0.0769. The Bertz CT molecular complexity index is 627. The molecular formula is C13H11NaO4S2. The van der Waals surface area contributed by atoms with Crippen LogP contribution in [-0.2, 0) is 19.8 Å². The van der Waals surface area contributed by atoms with E-state index in [9.17, 15) is 13.0 Å². The van der Waals surface area contributed by atoms with Gasteiger partial charge < -0.3 is 4.55 Å². The molecule has 0 heterocycles. The minimum atomic E-state index is -4.63. The van der Waals surface area contributed by atoms with Gasteiger partial charge in [0, 0.05) is 17.8 Å². The van der Waals surface area contributed by atoms with Crippen LogP contribution in [0.2, 0.25) is 0 Å². The topological polar surface area (TPSA) is 66.4 Å². The van der Waals surface area contributed by atoms with E-state index in [0.717, 1.165) is 16.7 Å². The molecule has 0 unspecified atom stereocenters. The largest absolute Gasteiger partial charge is 1.00 e. The van der Waals surface area contributed by atoms with Crippen molar-refractivity contribution in [2.45, 2.75) is 5.75 Å². The number of benzene rings is 2. The van der Waals surface area contributed by atoms with Crippen LogP contribution in [0.1, 0.15) is 5.56 Å². The Labute approximate surface area is 145 Å². The first-order valence-electron chi connectivity index (χ1n) is 5.46. The molecule has 100 valence electrons. The van der Waals surface area contributed by atoms with Crippen LogP contribution >= 0.6 is 12.0 Å². The first kappa shape index (κ1) is 17.7. The van der Waals surface area contributed by atoms with Gasteiger partial charge in [0.15, 0.2) is 0 Å². The van der Waals surface area contributed by atoms with E-state index in [1.54, 1.807) is 0 Å². The van der Waals surface area contributed by atoms with Gasteiger partial charge in [-0.15, -0.1) is 0 Å². The van der Waals surface area contributed by atoms with E-state index in [0.29, 0.717) is 17.8 Å². The molecule has 0 aromatic heterocycles. The Morgan fingerprint density at radius 3 is 2.05 bits per heavy atom. The van der Waals surface area contributed by atoms with Gasteiger partial charge in [-0.25, -0.2) is 12.0 Å². The molecule has 7 heteroatoms. The SMILES string of the molecule is O=S(=O)([O-])OSCc1ccc(-c2ccccc2)cc1.[Na+]. The Balaban J connectivity index is 0.00000200. The van der Waals surface area contributed by atoms with Crippen molar-refractivity contribution in [3.05, 3.63) is 60.2 Å². The molecule has 0 aliphatic heterocycles. The van der Waals surface area contributed by atoms with Gasteiger partial charge in [-0.1, -0.05) is 54.6 Å². The van der Waals surface area contributed by atoms with Crippen molar-refractivity contribution in [3.63, 3.8) is 0 Å². The van der Waals surface area contributed by atoms with E-state index in [1.807, 2.05) is 54.6 Å². The number of hydrogen-bond acceptors (Lipinski definition) is 5. The quantitative estimate of drug-likeness (QED) is 0.336. The van der Waals surface area contributed by atoms with E-state index in [4.69, 9.17) is 0 Å². The molecule has 0 saturated heterocycles. The summed E-state index contributed by atoms with van der Waals surface area (Å²) in [6, 6.07) is 17.5. The second kappa shape index (κ2) is 8.19. The van der Waals surface area contributed by atoms with Crippen molar-refractivity contribution < 1.29 is 46.2 Å². The Morgan fingerprint density at radius 2 is 1.50 bits per heavy atom. The van der Waals surface area contributed by atoms with Crippen LogP contribution in [0.15, 0.2) is 54.6 Å². The molecule has 0 bridgehead atoms. The first-order chi connectivity index (χ1) is 9.04. The summed E-state index contributed by atoms with van der Waals surface area (Å²) >= 11 is 0.614. The summed E-state index contributed by atoms with van der Waals surface area (Å²) in [5.74, 6) is 0.302. The van der Waals surface area contributed by atoms with Crippen LogP contribution in [0.4, 0.5) is 0 Å². The van der Waals surface area contributed by atoms with Crippen molar-refractivity contribution in [2.24, 2.45) is 0 Å². The van der Waals surface area contributed by atoms with E-state index in [-0.39, 0.29) is 29.6 Å². The van der Waals surface area contributed by atoms with Gasteiger partial charge in [0.05, 0.1) is 0 Å². The second-order valence-electron chi connectivity index (χ2n) is 3.80. The summed E-state index contributed by atoms with van der Waals surface area (Å²) in [6.45, 7) is 0. The monoisotopic (exact) mass is 318 g/mol. The van der Waals surface area contributed by atoms with Gasteiger partial charge in [-0.05, 0) is 16.7 Å². The zero-order chi connectivity index (χ0) is 13.7. The maximum Gasteiger partial charge on any atom is 1.00 e. The molecule has 0 aliphatic carbocycles. The molecular weight excluding hydrogens is 307 g/mol. The Hall–Kier alpha value is -0.340. The van der Waals surface area contributed by atoms with Crippen molar-refractivity contribution in [1.29, 1.82) is 0 Å². The molecule has 2 aromatic rings. The molecule has 0 atom stereocenters. The zero-order valence-corrected chi connectivity index (χ0v) is 14.5. The maximum atomic E-state index is 10.3. The average molecular weight is 318 g/mol. The van der Waals surface area contributed by atoms with Gasteiger partial charge in [0.2, 0.25) is 10.4 Å². The van der Waals surface area contributed by atoms with Gasteiger partial charge in [-0.3, -0.25) is 0 Å². The smallest absolute Gasteiger partial charge is 0.725 e. The van der Waals surface area contributed by atoms with Crippen LogP contribution in [0.3, 0.4) is 0 Å². The zero-order valence-electron chi connectivity index (χ0n) is 10.9. The number of rotatable bonds is 5. The minimum Gasteiger partial charge on any atom is -0.725 e. The van der Waals surface area contributed by atoms with Crippen LogP contribution in [0, 0.1) is 0 Å². The third-order valence-corrected chi connectivity index (χ3v) is 3.92. The maximum absolute atomic E-state index is 10.3. The van der Waals surface area contributed by atoms with E-state index < -0.39 is 10.4 Å². The summed E-state index contributed by atoms with van der Waals surface area (Å²) in [6.07, 6.45) is 0. The van der Waals surface area contributed by atoms with Crippen molar-refractivity contribution in [1.82, 2.24) is 0 Å². The van der Waals surface area contributed by atoms with Crippen LogP contribution in [-0.4, -0.2) is 13.0 Å². The summed E-state index contributed by atoms with van der Waals surface area (Å²) in [4.78, 5) is 0. The molecule has 2 rings (SSSR count). The third kappa shape index (κ3) is 5.97. The van der Waals surface area contributed by atoms with Crippen molar-refractivity contribution >= 4 is 22.4 Å². The molecule has 0 saturated carbocycles. The minimum absolute atomic E-state index is 0. The molecule has 0 spiro atoms. The van der Waals surface area contributed by atoms with Crippen LogP contribution in [0.25, 0.3) is 11.1 Å². The van der Waals surface area contributed by atoms with E-state index in [1.165, 1.54) is 0 Å². The van der Waals surface area contributed by atoms with Crippen molar-refractivity contribution in [3.8, 4) is 11.1 Å². The van der Waals surface area contributed by atoms with Gasteiger partial charge in [-0.2, -0.15) is 0 Å². The normalized spacial score (nSPS) is 10.8. The van der Waals surface area contributed by atoms with Crippen molar-refractivity contribution in [2.75, 3.05) is 0 Å². The van der Waals surface area contributed by atoms with Crippen LogP contribution in [0.5, 0.6) is 0 Å². The Kier molecular flexibility index (Phi) is 7.25. The summed E-state index contributed by atoms with van der Waals surface area (Å²) in [5, 5.41) is 0. The molecule has 0 radical (unpaired) electrons. The van der Waals surface area contributed by atoms with E-state index >= 15 is 0 Å². The summed E-state index contributed by atoms with van der Waals surface area (Å²) in [7, 11) is -4.63. The molecule has 0 amide bonds. The molecule has 2 aromatic carbocycles. The standard InChI is InChI=1S/C13H12O4S2.Na/c14-19(15,16)17-18-10-11-6-8-13(9-7-11)12-4-2-1-3-5-12;/h1-9H,10H2,(H,14,15,16);/q;+1/p-1. The molecule has 4 nitrogen and oxygen atoms in total. The third-order valence-electron chi connectivity index (χ3n) is 2.42. The predicted octanol–water partition coefficient (Wildman–Crippen LogP) is -0.0174. The fourth-order valence-corrected chi connectivity index (χ4v) is 2.57. The summed E-state index contributed by atoms with van der Waals surface area (Å²) < 4.78 is 34.9. The Morgan fingerprint density at radius 1 is 0.950 bits per heavy atom. The average Bonchev–Trinajstić information content (AvgIpc) is 2.39. The van der Waals surface area contributed by atoms with Gasteiger partial charge in [0.1, 0.15) is 0 Å².